The van der Waals surface area contributed by atoms with E-state index in [0.717, 1.165) is 68.9 Å². The number of hydrogen-bond donors (Lipinski definition) is 1. The fourth-order valence-corrected chi connectivity index (χ4v) is 4.87. The minimum absolute atomic E-state index is 0.521. The Labute approximate surface area is 181 Å². The quantitative estimate of drug-likeness (QED) is 0.538. The lowest BCUT2D eigenvalue weighted by molar-refractivity contribution is 0.120. The number of aryl methyl sites for hydroxylation is 1. The maximum absolute atomic E-state index is 5.99. The van der Waals surface area contributed by atoms with E-state index in [1.165, 1.54) is 22.3 Å². The van der Waals surface area contributed by atoms with Crippen molar-refractivity contribution in [2.45, 2.75) is 25.7 Å². The number of piperidine rings is 1. The van der Waals surface area contributed by atoms with E-state index in [0.29, 0.717) is 11.9 Å². The van der Waals surface area contributed by atoms with Gasteiger partial charge in [0.15, 0.2) is 5.58 Å². The van der Waals surface area contributed by atoms with Crippen LogP contribution in [-0.2, 0) is 4.74 Å². The second-order valence-electron chi connectivity index (χ2n) is 8.67. The third-order valence-corrected chi connectivity index (χ3v) is 6.65. The Kier molecular flexibility index (Phi) is 4.56. The van der Waals surface area contributed by atoms with Crippen molar-refractivity contribution in [1.82, 2.24) is 15.2 Å². The second kappa shape index (κ2) is 7.57. The van der Waals surface area contributed by atoms with Crippen molar-refractivity contribution in [3.63, 3.8) is 0 Å². The van der Waals surface area contributed by atoms with Crippen LogP contribution in [0.1, 0.15) is 30.0 Å². The zero-order valence-electron chi connectivity index (χ0n) is 17.8. The van der Waals surface area contributed by atoms with E-state index >= 15 is 0 Å². The minimum Gasteiger partial charge on any atom is -0.423 e. The van der Waals surface area contributed by atoms with E-state index in [-0.39, 0.29) is 0 Å². The first-order valence-corrected chi connectivity index (χ1v) is 11.2. The van der Waals surface area contributed by atoms with E-state index < -0.39 is 0 Å². The van der Waals surface area contributed by atoms with E-state index in [2.05, 4.69) is 63.3 Å². The predicted octanol–water partition coefficient (Wildman–Crippen LogP) is 4.23. The van der Waals surface area contributed by atoms with Gasteiger partial charge in [-0.15, -0.1) is 0 Å². The van der Waals surface area contributed by atoms with Gasteiger partial charge in [0.05, 0.1) is 18.7 Å². The number of oxazole rings is 1. The van der Waals surface area contributed by atoms with Crippen LogP contribution >= 0.6 is 0 Å². The number of aromatic amines is 1. The molecule has 4 heterocycles. The van der Waals surface area contributed by atoms with Crippen molar-refractivity contribution in [3.8, 4) is 0 Å². The van der Waals surface area contributed by atoms with Crippen molar-refractivity contribution in [3.05, 3.63) is 47.7 Å². The molecule has 0 radical (unpaired) electrons. The lowest BCUT2D eigenvalue weighted by atomic mass is 9.91. The van der Waals surface area contributed by atoms with Crippen LogP contribution in [0.15, 0.2) is 40.8 Å². The molecule has 2 aliphatic rings. The molecule has 0 saturated carbocycles. The molecule has 7 nitrogen and oxygen atoms in total. The van der Waals surface area contributed by atoms with Crippen molar-refractivity contribution in [1.29, 1.82) is 0 Å². The van der Waals surface area contributed by atoms with Gasteiger partial charge in [0.1, 0.15) is 5.52 Å². The largest absolute Gasteiger partial charge is 0.423 e. The summed E-state index contributed by atoms with van der Waals surface area (Å²) in [6.07, 6.45) is 2.22. The maximum atomic E-state index is 5.99. The molecule has 2 aromatic carbocycles. The molecule has 2 fully saturated rings. The number of rotatable bonds is 3. The number of morpholine rings is 1. The highest BCUT2D eigenvalue weighted by Gasteiger charge is 2.24. The molecule has 1 N–H and O–H groups in total. The van der Waals surface area contributed by atoms with Crippen molar-refractivity contribution in [2.75, 3.05) is 49.2 Å². The van der Waals surface area contributed by atoms with Crippen LogP contribution in [0.5, 0.6) is 0 Å². The summed E-state index contributed by atoms with van der Waals surface area (Å²) >= 11 is 0. The summed E-state index contributed by atoms with van der Waals surface area (Å²) in [6, 6.07) is 13.6. The molecule has 0 amide bonds. The van der Waals surface area contributed by atoms with Crippen LogP contribution in [0.4, 0.5) is 11.7 Å². The third-order valence-electron chi connectivity index (χ3n) is 6.65. The standard InChI is InChI=1S/C24H27N5O2/c1-16-2-4-19-20(14-16)26-27-23(19)17-6-8-28(9-7-17)18-3-5-22-21(15-18)25-24(31-22)29-10-12-30-13-11-29/h2-5,14-15,17H,6-13H2,1H3,(H,26,27). The number of nitrogens with one attached hydrogen (secondary N) is 1. The van der Waals surface area contributed by atoms with Crippen LogP contribution in [0.3, 0.4) is 0 Å². The highest BCUT2D eigenvalue weighted by atomic mass is 16.5. The Bertz CT molecular complexity index is 1220. The highest BCUT2D eigenvalue weighted by Crippen LogP contribution is 2.34. The molecule has 160 valence electrons. The van der Waals surface area contributed by atoms with E-state index in [9.17, 15) is 0 Å². The molecule has 31 heavy (non-hydrogen) atoms. The van der Waals surface area contributed by atoms with Crippen molar-refractivity contribution in [2.24, 2.45) is 0 Å². The van der Waals surface area contributed by atoms with E-state index in [1.807, 2.05) is 0 Å². The van der Waals surface area contributed by atoms with Gasteiger partial charge >= 0.3 is 0 Å². The minimum atomic E-state index is 0.521. The Morgan fingerprint density at radius 2 is 1.77 bits per heavy atom. The number of H-pyrrole nitrogens is 1. The van der Waals surface area contributed by atoms with Crippen LogP contribution in [0.25, 0.3) is 22.0 Å². The van der Waals surface area contributed by atoms with Crippen molar-refractivity contribution < 1.29 is 9.15 Å². The van der Waals surface area contributed by atoms with Crippen molar-refractivity contribution >= 4 is 33.7 Å². The van der Waals surface area contributed by atoms with Gasteiger partial charge in [0.2, 0.25) is 0 Å². The number of ether oxygens (including phenoxy) is 1. The van der Waals surface area contributed by atoms with Gasteiger partial charge in [-0.2, -0.15) is 10.1 Å². The van der Waals surface area contributed by atoms with Crippen LogP contribution in [0, 0.1) is 6.92 Å². The molecule has 2 saturated heterocycles. The van der Waals surface area contributed by atoms with E-state index in [1.54, 1.807) is 0 Å². The molecule has 7 heteroatoms. The van der Waals surface area contributed by atoms with Gasteiger partial charge in [0.25, 0.3) is 6.01 Å². The summed E-state index contributed by atoms with van der Waals surface area (Å²) in [5.41, 5.74) is 6.61. The monoisotopic (exact) mass is 417 g/mol. The van der Waals surface area contributed by atoms with Gasteiger partial charge in [-0.1, -0.05) is 12.1 Å². The zero-order chi connectivity index (χ0) is 20.8. The number of anilines is 2. The van der Waals surface area contributed by atoms with Crippen LogP contribution in [0.2, 0.25) is 0 Å². The van der Waals surface area contributed by atoms with Gasteiger partial charge < -0.3 is 19.0 Å². The first-order chi connectivity index (χ1) is 15.2. The molecule has 0 aliphatic carbocycles. The summed E-state index contributed by atoms with van der Waals surface area (Å²) in [4.78, 5) is 9.37. The van der Waals surface area contributed by atoms with Gasteiger partial charge in [0, 0.05) is 48.9 Å². The smallest absolute Gasteiger partial charge is 0.298 e. The summed E-state index contributed by atoms with van der Waals surface area (Å²) in [6.45, 7) is 7.27. The lowest BCUT2D eigenvalue weighted by Gasteiger charge is -2.33. The Hall–Kier alpha value is -3.06. The fourth-order valence-electron chi connectivity index (χ4n) is 4.87. The normalized spacial score (nSPS) is 18.4. The molecular weight excluding hydrogens is 390 g/mol. The summed E-state index contributed by atoms with van der Waals surface area (Å²) < 4.78 is 11.4. The lowest BCUT2D eigenvalue weighted by Crippen LogP contribution is -2.36. The number of benzene rings is 2. The highest BCUT2D eigenvalue weighted by molar-refractivity contribution is 5.82. The molecule has 6 rings (SSSR count). The predicted molar refractivity (Wildman–Crippen MR) is 122 cm³/mol. The molecule has 0 spiro atoms. The summed E-state index contributed by atoms with van der Waals surface area (Å²) in [7, 11) is 0. The summed E-state index contributed by atoms with van der Waals surface area (Å²) in [5, 5.41) is 9.12. The fraction of sp³-hybridized carbons (Fsp3) is 0.417. The second-order valence-corrected chi connectivity index (χ2v) is 8.67. The molecule has 0 unspecified atom stereocenters. The van der Waals surface area contributed by atoms with E-state index in [4.69, 9.17) is 14.1 Å². The number of aromatic nitrogens is 3. The Morgan fingerprint density at radius 3 is 2.61 bits per heavy atom. The SMILES string of the molecule is Cc1ccc2c(C3CCN(c4ccc5oc(N6CCOCC6)nc5c4)CC3)[nH]nc2c1. The average molecular weight is 418 g/mol. The Balaban J connectivity index is 1.18. The van der Waals surface area contributed by atoms with Crippen LogP contribution < -0.4 is 9.80 Å². The number of fused-ring (bicyclic) bond motifs is 2. The molecule has 2 aliphatic heterocycles. The number of hydrogen-bond acceptors (Lipinski definition) is 6. The zero-order valence-corrected chi connectivity index (χ0v) is 17.8. The Morgan fingerprint density at radius 1 is 0.935 bits per heavy atom. The molecule has 2 aromatic heterocycles. The molecular formula is C24H27N5O2. The molecule has 0 atom stereocenters. The third kappa shape index (κ3) is 3.43. The van der Waals surface area contributed by atoms with Gasteiger partial charge in [-0.3, -0.25) is 5.10 Å². The maximum Gasteiger partial charge on any atom is 0.298 e. The van der Waals surface area contributed by atoms with Gasteiger partial charge in [-0.05, 0) is 49.6 Å². The summed E-state index contributed by atoms with van der Waals surface area (Å²) in [5.74, 6) is 0.521. The van der Waals surface area contributed by atoms with Gasteiger partial charge in [-0.25, -0.2) is 0 Å². The first-order valence-electron chi connectivity index (χ1n) is 11.2. The average Bonchev–Trinajstić information content (AvgIpc) is 3.43. The molecule has 4 aromatic rings. The topological polar surface area (TPSA) is 70.4 Å². The first kappa shape index (κ1) is 18.7. The number of nitrogens with zero attached hydrogens (tertiary/aromatic N) is 4. The van der Waals surface area contributed by atoms with Crippen LogP contribution in [-0.4, -0.2) is 54.6 Å². The molecule has 0 bridgehead atoms.